The second kappa shape index (κ2) is 19.4. The number of unbranched alkanes of at least 4 members (excludes halogenated alkanes) is 3. The number of benzene rings is 1. The molecule has 1 saturated heterocycles. The lowest BCUT2D eigenvalue weighted by molar-refractivity contribution is -0.196. The standard InChI is InChI=1S/C22H32ClNO5.C7H14O2/c1-24(10-12-26-21(25)15-23)19-13-18(28-16-17-7-3-2-4-8-17)14-20(19)29-22-9-5-6-11-27-22;1-2-3-4-5-6-7(8)9/h2-4,7-8,18-20,22H,5-6,9-16H2,1H3;2-6H2,1H3,(H,8,9)/t18-,19-,20-,22?;/m1./s1. The van der Waals surface area contributed by atoms with Crippen LogP contribution in [-0.4, -0.2) is 79.2 Å². The summed E-state index contributed by atoms with van der Waals surface area (Å²) in [5.74, 6) is -1.18. The van der Waals surface area contributed by atoms with Crippen LogP contribution < -0.4 is 0 Å². The van der Waals surface area contributed by atoms with E-state index >= 15 is 0 Å². The normalized spacial score (nSPS) is 23.1. The number of hydrogen-bond acceptors (Lipinski definition) is 7. The van der Waals surface area contributed by atoms with E-state index in [1.165, 1.54) is 12.0 Å². The Morgan fingerprint density at radius 2 is 1.92 bits per heavy atom. The van der Waals surface area contributed by atoms with Crippen LogP contribution in [0.5, 0.6) is 0 Å². The van der Waals surface area contributed by atoms with E-state index in [9.17, 15) is 9.59 Å². The molecule has 1 heterocycles. The zero-order chi connectivity index (χ0) is 27.6. The molecule has 1 aromatic carbocycles. The number of halogens is 1. The molecule has 38 heavy (non-hydrogen) atoms. The fourth-order valence-corrected chi connectivity index (χ4v) is 4.77. The number of aliphatic carboxylic acids is 1. The molecule has 1 aliphatic heterocycles. The summed E-state index contributed by atoms with van der Waals surface area (Å²) in [6.07, 6.45) is 9.48. The molecule has 1 saturated carbocycles. The number of nitrogens with zero attached hydrogens (tertiary/aromatic N) is 1. The Labute approximate surface area is 232 Å². The molecule has 2 aliphatic rings. The van der Waals surface area contributed by atoms with Crippen LogP contribution in [0.3, 0.4) is 0 Å². The number of ether oxygens (including phenoxy) is 4. The molecule has 0 radical (unpaired) electrons. The average molecular weight is 556 g/mol. The Hall–Kier alpha value is -1.71. The van der Waals surface area contributed by atoms with Crippen LogP contribution in [-0.2, 0) is 35.1 Å². The van der Waals surface area contributed by atoms with Crippen LogP contribution in [0.1, 0.15) is 76.7 Å². The third-order valence-electron chi connectivity index (χ3n) is 6.85. The van der Waals surface area contributed by atoms with Crippen LogP contribution in [0, 0.1) is 0 Å². The Balaban J connectivity index is 0.000000484. The van der Waals surface area contributed by atoms with Crippen LogP contribution in [0.15, 0.2) is 30.3 Å². The SMILES string of the molecule is CCCCCCC(=O)O.CN(CCOC(=O)CCl)[C@@H]1C[C@@H](OCc2ccccc2)C[C@H]1OC1CCCCO1. The largest absolute Gasteiger partial charge is 0.481 e. The number of carboxylic acid groups (broad SMARTS) is 1. The van der Waals surface area contributed by atoms with E-state index in [-0.39, 0.29) is 36.4 Å². The minimum absolute atomic E-state index is 0.0348. The topological polar surface area (TPSA) is 94.5 Å². The van der Waals surface area contributed by atoms with Gasteiger partial charge in [0.1, 0.15) is 12.5 Å². The number of rotatable bonds is 15. The van der Waals surface area contributed by atoms with Crippen molar-refractivity contribution in [1.82, 2.24) is 4.90 Å². The summed E-state index contributed by atoms with van der Waals surface area (Å²) < 4.78 is 23.5. The number of carboxylic acids is 1. The molecule has 4 atom stereocenters. The first-order chi connectivity index (χ1) is 18.4. The average Bonchev–Trinajstić information content (AvgIpc) is 3.33. The molecule has 8 nitrogen and oxygen atoms in total. The van der Waals surface area contributed by atoms with E-state index in [1.807, 2.05) is 25.2 Å². The summed E-state index contributed by atoms with van der Waals surface area (Å²) in [6.45, 7) is 4.42. The number of esters is 1. The van der Waals surface area contributed by atoms with Crippen molar-refractivity contribution in [3.63, 3.8) is 0 Å². The number of likely N-dealkylation sites (N-methyl/N-ethyl adjacent to an activating group) is 1. The van der Waals surface area contributed by atoms with Gasteiger partial charge in [-0.25, -0.2) is 0 Å². The van der Waals surface area contributed by atoms with Gasteiger partial charge in [0.15, 0.2) is 6.29 Å². The Morgan fingerprint density at radius 3 is 2.58 bits per heavy atom. The van der Waals surface area contributed by atoms with Gasteiger partial charge in [-0.05, 0) is 44.7 Å². The lowest BCUT2D eigenvalue weighted by atomic mass is 10.1. The second-order valence-corrected chi connectivity index (χ2v) is 10.2. The van der Waals surface area contributed by atoms with Gasteiger partial charge in [-0.15, -0.1) is 11.6 Å². The summed E-state index contributed by atoms with van der Waals surface area (Å²) in [6, 6.07) is 10.4. The summed E-state index contributed by atoms with van der Waals surface area (Å²) in [5.41, 5.74) is 1.17. The molecular weight excluding hydrogens is 510 g/mol. The highest BCUT2D eigenvalue weighted by molar-refractivity contribution is 6.26. The van der Waals surface area contributed by atoms with Crippen molar-refractivity contribution in [3.05, 3.63) is 35.9 Å². The van der Waals surface area contributed by atoms with E-state index in [0.717, 1.165) is 58.0 Å². The maximum absolute atomic E-state index is 11.3. The predicted molar refractivity (Wildman–Crippen MR) is 147 cm³/mol. The van der Waals surface area contributed by atoms with E-state index < -0.39 is 5.97 Å². The number of alkyl halides is 1. The zero-order valence-corrected chi connectivity index (χ0v) is 23.8. The minimum Gasteiger partial charge on any atom is -0.481 e. The van der Waals surface area contributed by atoms with Crippen molar-refractivity contribution in [3.8, 4) is 0 Å². The summed E-state index contributed by atoms with van der Waals surface area (Å²) in [7, 11) is 2.04. The van der Waals surface area contributed by atoms with Gasteiger partial charge < -0.3 is 24.1 Å². The first-order valence-corrected chi connectivity index (χ1v) is 14.5. The smallest absolute Gasteiger partial charge is 0.320 e. The van der Waals surface area contributed by atoms with Crippen molar-refractivity contribution in [1.29, 1.82) is 0 Å². The molecule has 0 spiro atoms. The van der Waals surface area contributed by atoms with Gasteiger partial charge in [0.05, 0.1) is 18.8 Å². The molecule has 0 aromatic heterocycles. The Morgan fingerprint density at radius 1 is 1.13 bits per heavy atom. The molecule has 0 bridgehead atoms. The van der Waals surface area contributed by atoms with Gasteiger partial charge in [0.2, 0.25) is 0 Å². The van der Waals surface area contributed by atoms with E-state index in [4.69, 9.17) is 35.7 Å². The molecule has 1 N–H and O–H groups in total. The van der Waals surface area contributed by atoms with E-state index in [2.05, 4.69) is 24.0 Å². The Bertz CT molecular complexity index is 775. The van der Waals surface area contributed by atoms with Crippen LogP contribution in [0.4, 0.5) is 0 Å². The first-order valence-electron chi connectivity index (χ1n) is 14.0. The fraction of sp³-hybridized carbons (Fsp3) is 0.724. The molecule has 216 valence electrons. The maximum atomic E-state index is 11.3. The molecule has 2 fully saturated rings. The molecule has 1 aliphatic carbocycles. The molecule has 1 aromatic rings. The van der Waals surface area contributed by atoms with Gasteiger partial charge >= 0.3 is 11.9 Å². The van der Waals surface area contributed by atoms with Crippen molar-refractivity contribution in [2.24, 2.45) is 0 Å². The van der Waals surface area contributed by atoms with Crippen molar-refractivity contribution in [2.75, 3.05) is 32.7 Å². The quantitative estimate of drug-likeness (QED) is 0.175. The van der Waals surface area contributed by atoms with E-state index in [0.29, 0.717) is 26.2 Å². The maximum Gasteiger partial charge on any atom is 0.320 e. The van der Waals surface area contributed by atoms with Crippen LogP contribution >= 0.6 is 11.6 Å². The highest BCUT2D eigenvalue weighted by Gasteiger charge is 2.39. The predicted octanol–water partition coefficient (Wildman–Crippen LogP) is 5.40. The molecule has 1 unspecified atom stereocenters. The molecular formula is C29H46ClNO7. The Kier molecular flexibility index (Phi) is 16.6. The summed E-state index contributed by atoms with van der Waals surface area (Å²) in [4.78, 5) is 23.4. The van der Waals surface area contributed by atoms with Crippen molar-refractivity contribution < 1.29 is 33.6 Å². The van der Waals surface area contributed by atoms with Gasteiger partial charge in [0, 0.05) is 32.0 Å². The zero-order valence-electron chi connectivity index (χ0n) is 23.0. The fourth-order valence-electron chi connectivity index (χ4n) is 4.69. The second-order valence-electron chi connectivity index (χ2n) is 9.97. The number of carbonyl (C=O) groups excluding carboxylic acids is 1. The lowest BCUT2D eigenvalue weighted by Crippen LogP contribution is -2.43. The van der Waals surface area contributed by atoms with Crippen molar-refractivity contribution in [2.45, 2.75) is 102 Å². The number of hydrogen-bond donors (Lipinski definition) is 1. The highest BCUT2D eigenvalue weighted by atomic mass is 35.5. The van der Waals surface area contributed by atoms with Crippen LogP contribution in [0.25, 0.3) is 0 Å². The monoisotopic (exact) mass is 555 g/mol. The van der Waals surface area contributed by atoms with Gasteiger partial charge in [-0.1, -0.05) is 56.5 Å². The highest BCUT2D eigenvalue weighted by Crippen LogP contribution is 2.31. The molecule has 9 heteroatoms. The van der Waals surface area contributed by atoms with Crippen LogP contribution in [0.2, 0.25) is 0 Å². The molecule has 3 rings (SSSR count). The van der Waals surface area contributed by atoms with Gasteiger partial charge in [-0.2, -0.15) is 0 Å². The first kappa shape index (κ1) is 32.5. The minimum atomic E-state index is -0.675. The summed E-state index contributed by atoms with van der Waals surface area (Å²) in [5, 5.41) is 8.21. The lowest BCUT2D eigenvalue weighted by Gasteiger charge is -2.32. The third kappa shape index (κ3) is 13.4. The van der Waals surface area contributed by atoms with Gasteiger partial charge in [0.25, 0.3) is 0 Å². The third-order valence-corrected chi connectivity index (χ3v) is 7.07. The molecule has 0 amide bonds. The number of carbonyl (C=O) groups is 2. The summed E-state index contributed by atoms with van der Waals surface area (Å²) >= 11 is 5.49. The van der Waals surface area contributed by atoms with Crippen molar-refractivity contribution >= 4 is 23.5 Å². The van der Waals surface area contributed by atoms with Gasteiger partial charge in [-0.3, -0.25) is 14.5 Å². The van der Waals surface area contributed by atoms with E-state index in [1.54, 1.807) is 0 Å².